The molecular formula is C13H15ClO3. The lowest BCUT2D eigenvalue weighted by Gasteiger charge is -2.29. The molecule has 1 aromatic rings. The first-order valence-corrected chi connectivity index (χ1v) is 6.23. The average Bonchev–Trinajstić information content (AvgIpc) is 2.38. The highest BCUT2D eigenvalue weighted by molar-refractivity contribution is 6.61. The zero-order valence-corrected chi connectivity index (χ0v) is 10.2. The van der Waals surface area contributed by atoms with Gasteiger partial charge in [-0.25, -0.2) is 4.79 Å². The van der Waals surface area contributed by atoms with Crippen LogP contribution >= 0.6 is 11.6 Å². The lowest BCUT2D eigenvalue weighted by molar-refractivity contribution is -0.276. The van der Waals surface area contributed by atoms with Crippen molar-refractivity contribution in [2.24, 2.45) is 0 Å². The smallest absolute Gasteiger partial charge is 0.280 e. The summed E-state index contributed by atoms with van der Waals surface area (Å²) in [5.41, 5.74) is 0.310. The van der Waals surface area contributed by atoms with E-state index in [-0.39, 0.29) is 12.0 Å². The van der Waals surface area contributed by atoms with Crippen LogP contribution in [0.1, 0.15) is 37.2 Å². The van der Waals surface area contributed by atoms with Crippen LogP contribution in [0.5, 0.6) is 0 Å². The van der Waals surface area contributed by atoms with E-state index in [9.17, 15) is 4.79 Å². The van der Waals surface area contributed by atoms with Crippen molar-refractivity contribution in [2.45, 2.75) is 37.7 Å². The monoisotopic (exact) mass is 254 g/mol. The van der Waals surface area contributed by atoms with Crippen LogP contribution in [0.4, 0.5) is 4.79 Å². The molecule has 2 atom stereocenters. The van der Waals surface area contributed by atoms with Gasteiger partial charge < -0.3 is 0 Å². The molecule has 0 bridgehead atoms. The van der Waals surface area contributed by atoms with Gasteiger partial charge in [-0.05, 0) is 18.4 Å². The molecule has 92 valence electrons. The average molecular weight is 255 g/mol. The van der Waals surface area contributed by atoms with Gasteiger partial charge in [0.25, 0.3) is 0 Å². The molecule has 4 heteroatoms. The van der Waals surface area contributed by atoms with E-state index in [1.807, 2.05) is 18.2 Å². The Hall–Kier alpha value is -1.06. The zero-order valence-electron chi connectivity index (χ0n) is 9.47. The fraction of sp³-hybridized carbons (Fsp3) is 0.462. The molecule has 0 N–H and O–H groups in total. The minimum absolute atomic E-state index is 0.0890. The minimum Gasteiger partial charge on any atom is -0.280 e. The summed E-state index contributed by atoms with van der Waals surface area (Å²) in [7, 11) is 0. The van der Waals surface area contributed by atoms with Crippen molar-refractivity contribution in [2.75, 3.05) is 0 Å². The van der Waals surface area contributed by atoms with E-state index < -0.39 is 5.43 Å². The van der Waals surface area contributed by atoms with Crippen LogP contribution < -0.4 is 0 Å². The van der Waals surface area contributed by atoms with Gasteiger partial charge in [-0.3, -0.25) is 4.89 Å². The second kappa shape index (κ2) is 6.03. The minimum atomic E-state index is -0.914. The molecule has 1 fully saturated rings. The molecule has 0 unspecified atom stereocenters. The van der Waals surface area contributed by atoms with Crippen LogP contribution in [0.3, 0.4) is 0 Å². The standard InChI is InChI=1S/C13H15ClO3/c14-13(15)17-16-12-9-5-4-8-11(12)10-6-2-1-3-7-10/h1-3,6-7,11-12H,4-5,8-9H2/t11-,12+/m1/s1. The zero-order chi connectivity index (χ0) is 12.1. The maximum Gasteiger partial charge on any atom is 0.435 e. The molecule has 0 aromatic heterocycles. The van der Waals surface area contributed by atoms with Gasteiger partial charge in [0.2, 0.25) is 0 Å². The number of hydrogen-bond acceptors (Lipinski definition) is 3. The van der Waals surface area contributed by atoms with E-state index >= 15 is 0 Å². The summed E-state index contributed by atoms with van der Waals surface area (Å²) in [6, 6.07) is 10.2. The molecule has 3 nitrogen and oxygen atoms in total. The number of rotatable bonds is 3. The molecular weight excluding hydrogens is 240 g/mol. The van der Waals surface area contributed by atoms with Crippen LogP contribution in [0.2, 0.25) is 0 Å². The molecule has 0 heterocycles. The van der Waals surface area contributed by atoms with Gasteiger partial charge in [0.1, 0.15) is 6.10 Å². The molecule has 17 heavy (non-hydrogen) atoms. The van der Waals surface area contributed by atoms with Crippen molar-refractivity contribution in [3.05, 3.63) is 35.9 Å². The molecule has 1 aliphatic rings. The molecule has 1 aliphatic carbocycles. The van der Waals surface area contributed by atoms with Gasteiger partial charge in [-0.1, -0.05) is 43.2 Å². The third kappa shape index (κ3) is 3.45. The lowest BCUT2D eigenvalue weighted by Crippen LogP contribution is -2.26. The summed E-state index contributed by atoms with van der Waals surface area (Å²) in [6.07, 6.45) is 4.12. The van der Waals surface area contributed by atoms with Crippen molar-refractivity contribution in [3.8, 4) is 0 Å². The Balaban J connectivity index is 2.04. The Kier molecular flexibility index (Phi) is 4.40. The van der Waals surface area contributed by atoms with Gasteiger partial charge in [-0.15, -0.1) is 0 Å². The number of hydrogen-bond donors (Lipinski definition) is 0. The molecule has 1 saturated carbocycles. The highest BCUT2D eigenvalue weighted by atomic mass is 35.5. The molecule has 0 spiro atoms. The molecule has 0 amide bonds. The molecule has 0 saturated heterocycles. The maximum atomic E-state index is 10.5. The van der Waals surface area contributed by atoms with Crippen LogP contribution in [-0.2, 0) is 9.78 Å². The Morgan fingerprint density at radius 2 is 1.88 bits per heavy atom. The normalized spacial score (nSPS) is 24.3. The Morgan fingerprint density at radius 3 is 2.59 bits per heavy atom. The quantitative estimate of drug-likeness (QED) is 0.464. The van der Waals surface area contributed by atoms with E-state index in [0.717, 1.165) is 19.3 Å². The fourth-order valence-electron chi connectivity index (χ4n) is 2.39. The second-order valence-electron chi connectivity index (χ2n) is 4.26. The summed E-state index contributed by atoms with van der Waals surface area (Å²) < 4.78 is 0. The first-order chi connectivity index (χ1) is 8.27. The van der Waals surface area contributed by atoms with Crippen molar-refractivity contribution >= 4 is 17.0 Å². The summed E-state index contributed by atoms with van der Waals surface area (Å²) in [5.74, 6) is 0.279. The predicted molar refractivity (Wildman–Crippen MR) is 64.9 cm³/mol. The third-order valence-corrected chi connectivity index (χ3v) is 3.23. The molecule has 0 radical (unpaired) electrons. The lowest BCUT2D eigenvalue weighted by atomic mass is 9.82. The number of benzene rings is 1. The van der Waals surface area contributed by atoms with Crippen molar-refractivity contribution < 1.29 is 14.6 Å². The van der Waals surface area contributed by atoms with Crippen LogP contribution in [0, 0.1) is 0 Å². The van der Waals surface area contributed by atoms with E-state index in [1.54, 1.807) is 0 Å². The van der Waals surface area contributed by atoms with E-state index in [4.69, 9.17) is 16.5 Å². The van der Waals surface area contributed by atoms with Gasteiger partial charge >= 0.3 is 5.43 Å². The number of carbonyl (C=O) groups excluding carboxylic acids is 1. The third-order valence-electron chi connectivity index (χ3n) is 3.17. The highest BCUT2D eigenvalue weighted by Gasteiger charge is 2.29. The first-order valence-electron chi connectivity index (χ1n) is 5.85. The summed E-state index contributed by atoms with van der Waals surface area (Å²) in [6.45, 7) is 0. The van der Waals surface area contributed by atoms with Gasteiger partial charge in [0, 0.05) is 17.5 Å². The second-order valence-corrected chi connectivity index (χ2v) is 4.57. The van der Waals surface area contributed by atoms with Crippen molar-refractivity contribution in [1.82, 2.24) is 0 Å². The van der Waals surface area contributed by atoms with Crippen molar-refractivity contribution in [3.63, 3.8) is 0 Å². The van der Waals surface area contributed by atoms with Gasteiger partial charge in [0.15, 0.2) is 0 Å². The van der Waals surface area contributed by atoms with E-state index in [2.05, 4.69) is 17.0 Å². The van der Waals surface area contributed by atoms with E-state index in [1.165, 1.54) is 12.0 Å². The predicted octanol–water partition coefficient (Wildman–Crippen LogP) is 4.02. The SMILES string of the molecule is O=C(Cl)OO[C@H]1CCCC[C@@H]1c1ccccc1. The summed E-state index contributed by atoms with van der Waals surface area (Å²) >= 11 is 5.10. The van der Waals surface area contributed by atoms with Crippen LogP contribution in [0.15, 0.2) is 30.3 Å². The van der Waals surface area contributed by atoms with Crippen LogP contribution in [-0.4, -0.2) is 11.5 Å². The van der Waals surface area contributed by atoms with E-state index in [0.29, 0.717) is 0 Å². The molecule has 0 aliphatic heterocycles. The Morgan fingerprint density at radius 1 is 1.18 bits per heavy atom. The molecule has 1 aromatic carbocycles. The first kappa shape index (κ1) is 12.4. The fourth-order valence-corrected chi connectivity index (χ4v) is 2.43. The van der Waals surface area contributed by atoms with Crippen LogP contribution in [0.25, 0.3) is 0 Å². The summed E-state index contributed by atoms with van der Waals surface area (Å²) in [4.78, 5) is 20.1. The number of carbonyl (C=O) groups is 1. The molecule has 2 rings (SSSR count). The highest BCUT2D eigenvalue weighted by Crippen LogP contribution is 2.35. The maximum absolute atomic E-state index is 10.5. The Labute approximate surface area is 106 Å². The topological polar surface area (TPSA) is 35.5 Å². The largest absolute Gasteiger partial charge is 0.435 e. The van der Waals surface area contributed by atoms with Gasteiger partial charge in [-0.2, -0.15) is 4.89 Å². The van der Waals surface area contributed by atoms with Gasteiger partial charge in [0.05, 0.1) is 0 Å². The number of halogens is 1. The summed E-state index contributed by atoms with van der Waals surface area (Å²) in [5, 5.41) is 0. The van der Waals surface area contributed by atoms with Crippen molar-refractivity contribution in [1.29, 1.82) is 0 Å². The Bertz CT molecular complexity index is 366.